The van der Waals surface area contributed by atoms with E-state index in [-0.39, 0.29) is 23.3 Å². The highest BCUT2D eigenvalue weighted by Crippen LogP contribution is 2.34. The van der Waals surface area contributed by atoms with E-state index < -0.39 is 4.92 Å². The number of rotatable bonds is 3. The lowest BCUT2D eigenvalue weighted by atomic mass is 9.88. The monoisotopic (exact) mass is 243 g/mol. The molecule has 0 saturated carbocycles. The van der Waals surface area contributed by atoms with Gasteiger partial charge >= 0.3 is 0 Å². The summed E-state index contributed by atoms with van der Waals surface area (Å²) in [7, 11) is 0. The lowest BCUT2D eigenvalue weighted by Gasteiger charge is -2.14. The molecule has 0 heterocycles. The second kappa shape index (κ2) is 4.61. The summed E-state index contributed by atoms with van der Waals surface area (Å²) in [5.74, 6) is 2.51. The first-order valence-electron chi connectivity index (χ1n) is 5.79. The van der Waals surface area contributed by atoms with Crippen molar-refractivity contribution in [2.75, 3.05) is 0 Å². The fraction of sp³-hybridized carbons (Fsp3) is 0.357. The molecule has 1 aliphatic rings. The molecule has 1 aromatic rings. The summed E-state index contributed by atoms with van der Waals surface area (Å²) >= 11 is 0. The minimum Gasteiger partial charge on any atom is -0.294 e. The van der Waals surface area contributed by atoms with Crippen LogP contribution in [-0.4, -0.2) is 10.7 Å². The summed E-state index contributed by atoms with van der Waals surface area (Å²) in [6.07, 6.45) is 6.44. The summed E-state index contributed by atoms with van der Waals surface area (Å²) in [5, 5.41) is 10.7. The van der Waals surface area contributed by atoms with E-state index in [9.17, 15) is 14.9 Å². The van der Waals surface area contributed by atoms with Crippen LogP contribution in [0.2, 0.25) is 0 Å². The van der Waals surface area contributed by atoms with Gasteiger partial charge in [0.15, 0.2) is 5.78 Å². The van der Waals surface area contributed by atoms with E-state index >= 15 is 0 Å². The second-order valence-electron chi connectivity index (χ2n) is 4.66. The molecular weight excluding hydrogens is 230 g/mol. The number of nitrogens with zero attached hydrogens (tertiary/aromatic N) is 1. The Kier molecular flexibility index (Phi) is 3.15. The molecule has 4 nitrogen and oxygen atoms in total. The Bertz CT molecular complexity index is 557. The lowest BCUT2D eigenvalue weighted by molar-refractivity contribution is -0.384. The van der Waals surface area contributed by atoms with Gasteiger partial charge in [0.1, 0.15) is 0 Å². The van der Waals surface area contributed by atoms with E-state index in [0.717, 1.165) is 5.56 Å². The zero-order valence-corrected chi connectivity index (χ0v) is 10.1. The highest BCUT2D eigenvalue weighted by molar-refractivity contribution is 6.02. The quantitative estimate of drug-likeness (QED) is 0.465. The van der Waals surface area contributed by atoms with Gasteiger partial charge in [0.05, 0.1) is 4.92 Å². The van der Waals surface area contributed by atoms with Gasteiger partial charge in [-0.05, 0) is 17.9 Å². The number of carbonyl (C=O) groups is 1. The Morgan fingerprint density at radius 3 is 2.94 bits per heavy atom. The Morgan fingerprint density at radius 1 is 1.61 bits per heavy atom. The number of non-ortho nitro benzene ring substituents is 1. The number of nitro benzene ring substituents is 1. The second-order valence-corrected chi connectivity index (χ2v) is 4.66. The van der Waals surface area contributed by atoms with Crippen LogP contribution in [-0.2, 0) is 6.42 Å². The van der Waals surface area contributed by atoms with Crippen LogP contribution in [0.25, 0.3) is 0 Å². The van der Waals surface area contributed by atoms with Crippen molar-refractivity contribution in [2.24, 2.45) is 11.8 Å². The molecule has 4 heteroatoms. The average molecular weight is 243 g/mol. The van der Waals surface area contributed by atoms with Crippen LogP contribution in [0, 0.1) is 34.3 Å². The Morgan fingerprint density at radius 2 is 2.33 bits per heavy atom. The molecular formula is C14H13NO3. The molecule has 2 rings (SSSR count). The fourth-order valence-corrected chi connectivity index (χ4v) is 2.40. The molecule has 0 aromatic heterocycles. The van der Waals surface area contributed by atoms with Crippen molar-refractivity contribution in [3.8, 4) is 12.3 Å². The van der Waals surface area contributed by atoms with Crippen LogP contribution < -0.4 is 0 Å². The summed E-state index contributed by atoms with van der Waals surface area (Å²) in [6.45, 7) is 1.95. The lowest BCUT2D eigenvalue weighted by Crippen LogP contribution is -2.17. The molecule has 1 aliphatic carbocycles. The Balaban J connectivity index is 2.31. The van der Waals surface area contributed by atoms with Gasteiger partial charge in [-0.2, -0.15) is 0 Å². The molecule has 0 N–H and O–H groups in total. The number of nitro groups is 1. The van der Waals surface area contributed by atoms with Gasteiger partial charge in [-0.15, -0.1) is 12.3 Å². The zero-order chi connectivity index (χ0) is 13.3. The maximum Gasteiger partial charge on any atom is 0.270 e. The first-order valence-corrected chi connectivity index (χ1v) is 5.79. The normalized spacial score (nSPS) is 19.1. The van der Waals surface area contributed by atoms with Gasteiger partial charge in [0.25, 0.3) is 5.69 Å². The zero-order valence-electron chi connectivity index (χ0n) is 10.1. The fourth-order valence-electron chi connectivity index (χ4n) is 2.40. The molecule has 0 bridgehead atoms. The molecule has 18 heavy (non-hydrogen) atoms. The van der Waals surface area contributed by atoms with Crippen LogP contribution in [0.4, 0.5) is 5.69 Å². The van der Waals surface area contributed by atoms with Crippen LogP contribution >= 0.6 is 0 Å². The van der Waals surface area contributed by atoms with Gasteiger partial charge in [0.2, 0.25) is 0 Å². The largest absolute Gasteiger partial charge is 0.294 e. The summed E-state index contributed by atoms with van der Waals surface area (Å²) in [6, 6.07) is 4.49. The highest BCUT2D eigenvalue weighted by atomic mass is 16.6. The molecule has 0 aliphatic heterocycles. The van der Waals surface area contributed by atoms with Gasteiger partial charge in [0, 0.05) is 30.0 Å². The number of hydrogen-bond donors (Lipinski definition) is 0. The smallest absolute Gasteiger partial charge is 0.270 e. The van der Waals surface area contributed by atoms with E-state index in [1.807, 2.05) is 6.92 Å². The SMILES string of the molecule is C#CCC(C)C1Cc2ccc([N+](=O)[O-])cc2C1=O. The van der Waals surface area contributed by atoms with Crippen molar-refractivity contribution in [1.82, 2.24) is 0 Å². The molecule has 1 aromatic carbocycles. The summed E-state index contributed by atoms with van der Waals surface area (Å²) < 4.78 is 0. The van der Waals surface area contributed by atoms with Crippen LogP contribution in [0.1, 0.15) is 29.3 Å². The Labute approximate surface area is 105 Å². The average Bonchev–Trinajstić information content (AvgIpc) is 2.67. The minimum absolute atomic E-state index is 0.0172. The first kappa shape index (κ1) is 12.3. The van der Waals surface area contributed by atoms with Crippen molar-refractivity contribution in [2.45, 2.75) is 19.8 Å². The Hall–Kier alpha value is -2.15. The van der Waals surface area contributed by atoms with Crippen molar-refractivity contribution in [3.05, 3.63) is 39.4 Å². The molecule has 0 fully saturated rings. The van der Waals surface area contributed by atoms with E-state index in [1.54, 1.807) is 6.07 Å². The first-order chi connectivity index (χ1) is 8.54. The third-order valence-corrected chi connectivity index (χ3v) is 3.47. The predicted molar refractivity (Wildman–Crippen MR) is 67.2 cm³/mol. The van der Waals surface area contributed by atoms with E-state index in [2.05, 4.69) is 5.92 Å². The number of hydrogen-bond acceptors (Lipinski definition) is 3. The molecule has 2 unspecified atom stereocenters. The molecule has 0 radical (unpaired) electrons. The van der Waals surface area contributed by atoms with Crippen LogP contribution in [0.3, 0.4) is 0 Å². The van der Waals surface area contributed by atoms with Crippen molar-refractivity contribution in [1.29, 1.82) is 0 Å². The van der Waals surface area contributed by atoms with Crippen molar-refractivity contribution < 1.29 is 9.72 Å². The standard InChI is InChI=1S/C14H13NO3/c1-3-4-9(2)12-7-10-5-6-11(15(17)18)8-13(10)14(12)16/h1,5-6,8-9,12H,4,7H2,2H3. The van der Waals surface area contributed by atoms with Crippen LogP contribution in [0.15, 0.2) is 18.2 Å². The van der Waals surface area contributed by atoms with Gasteiger partial charge in [-0.25, -0.2) is 0 Å². The third kappa shape index (κ3) is 2.00. The summed E-state index contributed by atoms with van der Waals surface area (Å²) in [5.41, 5.74) is 1.34. The van der Waals surface area contributed by atoms with E-state index in [1.165, 1.54) is 12.1 Å². The summed E-state index contributed by atoms with van der Waals surface area (Å²) in [4.78, 5) is 22.4. The molecule has 92 valence electrons. The highest BCUT2D eigenvalue weighted by Gasteiger charge is 2.34. The van der Waals surface area contributed by atoms with Gasteiger partial charge in [-0.1, -0.05) is 13.0 Å². The number of terminal acetylenes is 1. The third-order valence-electron chi connectivity index (χ3n) is 3.47. The van der Waals surface area contributed by atoms with Gasteiger partial charge < -0.3 is 0 Å². The predicted octanol–water partition coefficient (Wildman–Crippen LogP) is 2.61. The number of fused-ring (bicyclic) bond motifs is 1. The topological polar surface area (TPSA) is 60.2 Å². The van der Waals surface area contributed by atoms with Crippen LogP contribution in [0.5, 0.6) is 0 Å². The minimum atomic E-state index is -0.480. The molecule has 2 atom stereocenters. The molecule has 0 spiro atoms. The molecule has 0 saturated heterocycles. The van der Waals surface area contributed by atoms with E-state index in [4.69, 9.17) is 6.42 Å². The number of ketones is 1. The van der Waals surface area contributed by atoms with Gasteiger partial charge in [-0.3, -0.25) is 14.9 Å². The van der Waals surface area contributed by atoms with Crippen molar-refractivity contribution in [3.63, 3.8) is 0 Å². The van der Waals surface area contributed by atoms with Crippen molar-refractivity contribution >= 4 is 11.5 Å². The number of Topliss-reactive ketones (excluding diaryl/α,β-unsaturated/α-hetero) is 1. The molecule has 0 amide bonds. The number of carbonyl (C=O) groups excluding carboxylic acids is 1. The van der Waals surface area contributed by atoms with E-state index in [0.29, 0.717) is 18.4 Å². The maximum atomic E-state index is 12.2. The number of benzene rings is 1. The maximum absolute atomic E-state index is 12.2.